The van der Waals surface area contributed by atoms with E-state index in [1.165, 1.54) is 57.8 Å². The Morgan fingerprint density at radius 2 is 1.36 bits per heavy atom. The lowest BCUT2D eigenvalue weighted by molar-refractivity contribution is 0.219. The Labute approximate surface area is 141 Å². The van der Waals surface area contributed by atoms with Crippen LogP contribution in [-0.2, 0) is 4.43 Å². The van der Waals surface area contributed by atoms with E-state index in [9.17, 15) is 0 Å². The highest BCUT2D eigenvalue weighted by Gasteiger charge is 2.38. The first-order chi connectivity index (χ1) is 10.2. The fourth-order valence-corrected chi connectivity index (χ4v) is 3.60. The van der Waals surface area contributed by atoms with Crippen LogP contribution < -0.4 is 0 Å². The van der Waals surface area contributed by atoms with Gasteiger partial charge < -0.3 is 4.43 Å². The molecule has 0 amide bonds. The van der Waals surface area contributed by atoms with Crippen molar-refractivity contribution in [2.75, 3.05) is 0 Å². The minimum Gasteiger partial charge on any atom is -0.403 e. The fourth-order valence-electron chi connectivity index (χ4n) is 2.35. The summed E-state index contributed by atoms with van der Waals surface area (Å²) < 4.78 is 6.33. The highest BCUT2D eigenvalue weighted by Crippen LogP contribution is 2.37. The molecule has 0 aliphatic carbocycles. The molecule has 1 unspecified atom stereocenters. The van der Waals surface area contributed by atoms with Crippen LogP contribution in [0.15, 0.2) is 0 Å². The van der Waals surface area contributed by atoms with Gasteiger partial charge in [-0.05, 0) is 31.0 Å². The molecule has 0 radical (unpaired) electrons. The minimum absolute atomic E-state index is 0.0189. The van der Waals surface area contributed by atoms with E-state index in [0.717, 1.165) is 6.42 Å². The van der Waals surface area contributed by atoms with Crippen molar-refractivity contribution < 1.29 is 4.43 Å². The quantitative estimate of drug-likeness (QED) is 0.215. The zero-order valence-electron chi connectivity index (χ0n) is 16.1. The summed E-state index contributed by atoms with van der Waals surface area (Å²) >= 11 is 0. The molecule has 2 heteroatoms. The smallest absolute Gasteiger partial charge is 0.193 e. The molecule has 0 N–H and O–H groups in total. The predicted octanol–water partition coefficient (Wildman–Crippen LogP) is 6.93. The molecule has 0 spiro atoms. The number of rotatable bonds is 12. The minimum atomic E-state index is -1.73. The molecule has 0 heterocycles. The molecule has 0 saturated heterocycles. The van der Waals surface area contributed by atoms with Crippen molar-refractivity contribution in [3.8, 4) is 12.3 Å². The summed E-state index contributed by atoms with van der Waals surface area (Å²) in [7, 11) is -1.73. The lowest BCUT2D eigenvalue weighted by Crippen LogP contribution is -2.43. The lowest BCUT2D eigenvalue weighted by Gasteiger charge is -2.38. The zero-order valence-corrected chi connectivity index (χ0v) is 17.1. The van der Waals surface area contributed by atoms with Gasteiger partial charge in [0.05, 0.1) is 0 Å². The first-order valence-corrected chi connectivity index (χ1v) is 12.3. The van der Waals surface area contributed by atoms with Crippen LogP contribution in [-0.4, -0.2) is 14.4 Å². The van der Waals surface area contributed by atoms with Crippen LogP contribution in [0.2, 0.25) is 18.1 Å². The average molecular weight is 325 g/mol. The van der Waals surface area contributed by atoms with Gasteiger partial charge >= 0.3 is 0 Å². The third kappa shape index (κ3) is 9.69. The summed E-state index contributed by atoms with van der Waals surface area (Å²) in [5, 5.41) is 0.237. The topological polar surface area (TPSA) is 9.23 Å². The molecule has 0 aliphatic heterocycles. The van der Waals surface area contributed by atoms with Gasteiger partial charge in [-0.3, -0.25) is 0 Å². The number of hydrogen-bond acceptors (Lipinski definition) is 1. The van der Waals surface area contributed by atoms with E-state index >= 15 is 0 Å². The van der Waals surface area contributed by atoms with Crippen LogP contribution >= 0.6 is 0 Å². The third-order valence-corrected chi connectivity index (χ3v) is 9.48. The highest BCUT2D eigenvalue weighted by atomic mass is 28.4. The van der Waals surface area contributed by atoms with Gasteiger partial charge in [0.2, 0.25) is 0 Å². The second-order valence-corrected chi connectivity index (χ2v) is 12.9. The van der Waals surface area contributed by atoms with Gasteiger partial charge in [-0.2, -0.15) is 0 Å². The lowest BCUT2D eigenvalue weighted by atomic mass is 10.1. The average Bonchev–Trinajstić information content (AvgIpc) is 2.42. The van der Waals surface area contributed by atoms with E-state index in [-0.39, 0.29) is 11.1 Å². The van der Waals surface area contributed by atoms with Crippen molar-refractivity contribution in [2.24, 2.45) is 0 Å². The van der Waals surface area contributed by atoms with E-state index in [1.54, 1.807) is 0 Å². The molecule has 130 valence electrons. The molecular formula is C20H40OSi. The van der Waals surface area contributed by atoms with Crippen LogP contribution in [0.25, 0.3) is 0 Å². The van der Waals surface area contributed by atoms with Gasteiger partial charge in [-0.15, -0.1) is 6.42 Å². The second-order valence-electron chi connectivity index (χ2n) is 8.15. The zero-order chi connectivity index (χ0) is 17.1. The van der Waals surface area contributed by atoms with E-state index in [4.69, 9.17) is 10.8 Å². The Kier molecular flexibility index (Phi) is 11.2. The molecule has 0 bridgehead atoms. The first kappa shape index (κ1) is 21.7. The molecule has 0 fully saturated rings. The molecule has 0 rings (SSSR count). The molecular weight excluding hydrogens is 284 g/mol. The van der Waals surface area contributed by atoms with Crippen LogP contribution in [0.4, 0.5) is 0 Å². The van der Waals surface area contributed by atoms with Gasteiger partial charge in [-0.25, -0.2) is 0 Å². The molecule has 0 aromatic rings. The molecule has 0 aromatic heterocycles. The highest BCUT2D eigenvalue weighted by molar-refractivity contribution is 6.74. The van der Waals surface area contributed by atoms with Gasteiger partial charge in [-0.1, -0.05) is 85.0 Å². The van der Waals surface area contributed by atoms with Crippen LogP contribution in [0, 0.1) is 12.3 Å². The first-order valence-electron chi connectivity index (χ1n) is 9.38. The number of terminal acetylenes is 1. The fraction of sp³-hybridized carbons (Fsp3) is 0.900. The third-order valence-electron chi connectivity index (χ3n) is 5.00. The van der Waals surface area contributed by atoms with E-state index in [1.807, 2.05) is 0 Å². The van der Waals surface area contributed by atoms with Crippen molar-refractivity contribution >= 4 is 8.32 Å². The maximum Gasteiger partial charge on any atom is 0.193 e. The Morgan fingerprint density at radius 3 is 1.77 bits per heavy atom. The van der Waals surface area contributed by atoms with Crippen LogP contribution in [0.5, 0.6) is 0 Å². The SMILES string of the molecule is C#CC(CCCCCCCCCCC)O[Si](C)(C)C(C)(C)C. The molecule has 0 saturated carbocycles. The summed E-state index contributed by atoms with van der Waals surface area (Å²) in [6.45, 7) is 13.6. The molecule has 1 nitrogen and oxygen atoms in total. The second kappa shape index (κ2) is 11.3. The van der Waals surface area contributed by atoms with Crippen molar-refractivity contribution in [1.82, 2.24) is 0 Å². The molecule has 0 aliphatic rings. The van der Waals surface area contributed by atoms with E-state index in [2.05, 4.69) is 46.7 Å². The summed E-state index contributed by atoms with van der Waals surface area (Å²) in [5.74, 6) is 2.87. The summed E-state index contributed by atoms with van der Waals surface area (Å²) in [5.41, 5.74) is 0. The van der Waals surface area contributed by atoms with Crippen LogP contribution in [0.1, 0.15) is 91.9 Å². The van der Waals surface area contributed by atoms with Gasteiger partial charge in [0.15, 0.2) is 8.32 Å². The van der Waals surface area contributed by atoms with Crippen molar-refractivity contribution in [3.05, 3.63) is 0 Å². The summed E-state index contributed by atoms with van der Waals surface area (Å²) in [4.78, 5) is 0. The summed E-state index contributed by atoms with van der Waals surface area (Å²) in [6, 6.07) is 0. The van der Waals surface area contributed by atoms with Gasteiger partial charge in [0.1, 0.15) is 6.10 Å². The van der Waals surface area contributed by atoms with E-state index < -0.39 is 8.32 Å². The van der Waals surface area contributed by atoms with Crippen molar-refractivity contribution in [2.45, 2.75) is 116 Å². The number of hydrogen-bond donors (Lipinski definition) is 0. The molecule has 22 heavy (non-hydrogen) atoms. The normalized spacial score (nSPS) is 13.9. The Hall–Kier alpha value is -0.263. The summed E-state index contributed by atoms with van der Waals surface area (Å²) in [6.07, 6.45) is 18.9. The van der Waals surface area contributed by atoms with Crippen LogP contribution in [0.3, 0.4) is 0 Å². The molecule has 1 atom stereocenters. The van der Waals surface area contributed by atoms with Gasteiger partial charge in [0, 0.05) is 0 Å². The van der Waals surface area contributed by atoms with Gasteiger partial charge in [0.25, 0.3) is 0 Å². The Bertz CT molecular complexity index is 309. The van der Waals surface area contributed by atoms with Crippen molar-refractivity contribution in [3.63, 3.8) is 0 Å². The monoisotopic (exact) mass is 324 g/mol. The number of unbranched alkanes of at least 4 members (excludes halogenated alkanes) is 8. The Balaban J connectivity index is 3.78. The largest absolute Gasteiger partial charge is 0.403 e. The maximum atomic E-state index is 6.33. The standard InChI is InChI=1S/C20H40OSi/c1-8-10-11-12-13-14-15-16-17-18-19(9-2)21-22(6,7)20(3,4)5/h2,19H,8,10-18H2,1,3-7H3. The molecule has 0 aromatic carbocycles. The Morgan fingerprint density at radius 1 is 0.909 bits per heavy atom. The van der Waals surface area contributed by atoms with E-state index in [0.29, 0.717) is 0 Å². The van der Waals surface area contributed by atoms with Crippen molar-refractivity contribution in [1.29, 1.82) is 0 Å². The maximum absolute atomic E-state index is 6.33. The predicted molar refractivity (Wildman–Crippen MR) is 103 cm³/mol.